The van der Waals surface area contributed by atoms with Crippen LogP contribution in [0.15, 0.2) is 12.4 Å². The minimum Gasteiger partial charge on any atom is -0.342 e. The Morgan fingerprint density at radius 1 is 1.22 bits per heavy atom. The van der Waals surface area contributed by atoms with Gasteiger partial charge in [0.1, 0.15) is 5.82 Å². The van der Waals surface area contributed by atoms with Crippen LogP contribution in [-0.2, 0) is 12.8 Å². The van der Waals surface area contributed by atoms with Crippen molar-refractivity contribution in [1.29, 1.82) is 0 Å². The van der Waals surface area contributed by atoms with Gasteiger partial charge in [0.25, 0.3) is 0 Å². The van der Waals surface area contributed by atoms with Crippen molar-refractivity contribution in [3.8, 4) is 11.4 Å². The first kappa shape index (κ1) is 12.8. The predicted molar refractivity (Wildman–Crippen MR) is 72.4 cm³/mol. The van der Waals surface area contributed by atoms with Crippen molar-refractivity contribution in [2.24, 2.45) is 0 Å². The number of aryl methyl sites for hydroxylation is 1. The molecule has 0 radical (unpaired) electrons. The van der Waals surface area contributed by atoms with E-state index in [1.807, 2.05) is 12.4 Å². The monoisotopic (exact) mass is 247 g/mol. The highest BCUT2D eigenvalue weighted by Gasteiger charge is 2.11. The highest BCUT2D eigenvalue weighted by atomic mass is 15.1. The zero-order valence-electron chi connectivity index (χ0n) is 11.3. The van der Waals surface area contributed by atoms with Gasteiger partial charge in [-0.25, -0.2) is 4.98 Å². The number of hydrogen-bond acceptors (Lipinski definition) is 3. The van der Waals surface area contributed by atoms with Crippen molar-refractivity contribution in [3.05, 3.63) is 23.8 Å². The molecule has 0 atom stereocenters. The summed E-state index contributed by atoms with van der Waals surface area (Å²) >= 11 is 0. The highest BCUT2D eigenvalue weighted by molar-refractivity contribution is 5.57. The molecule has 0 spiro atoms. The Kier molecular flexibility index (Phi) is 4.15. The maximum atomic E-state index is 4.44. The molecule has 5 nitrogen and oxygen atoms in total. The van der Waals surface area contributed by atoms with Crippen molar-refractivity contribution >= 4 is 0 Å². The molecule has 0 unspecified atom stereocenters. The molecule has 5 heteroatoms. The molecule has 2 rings (SSSR count). The van der Waals surface area contributed by atoms with Gasteiger partial charge >= 0.3 is 0 Å². The Hall–Kier alpha value is -1.62. The number of aromatic amines is 2. The van der Waals surface area contributed by atoms with Gasteiger partial charge in [0.15, 0.2) is 0 Å². The number of aromatic nitrogens is 4. The predicted octanol–water partition coefficient (Wildman–Crippen LogP) is 1.86. The third-order valence-corrected chi connectivity index (χ3v) is 2.93. The lowest BCUT2D eigenvalue weighted by Gasteiger charge is -2.08. The second-order valence-corrected chi connectivity index (χ2v) is 4.82. The summed E-state index contributed by atoms with van der Waals surface area (Å²) in [7, 11) is 4.14. The lowest BCUT2D eigenvalue weighted by atomic mass is 10.2. The molecular formula is C13H21N5. The van der Waals surface area contributed by atoms with Crippen molar-refractivity contribution in [1.82, 2.24) is 25.1 Å². The molecule has 0 saturated heterocycles. The quantitative estimate of drug-likeness (QED) is 0.819. The lowest BCUT2D eigenvalue weighted by molar-refractivity contribution is 0.412. The summed E-state index contributed by atoms with van der Waals surface area (Å²) in [5, 5.41) is 7.19. The van der Waals surface area contributed by atoms with Gasteiger partial charge in [-0.15, -0.1) is 0 Å². The van der Waals surface area contributed by atoms with Crippen LogP contribution in [0.25, 0.3) is 11.4 Å². The largest absolute Gasteiger partial charge is 0.342 e. The van der Waals surface area contributed by atoms with Crippen LogP contribution >= 0.6 is 0 Å². The second kappa shape index (κ2) is 5.82. The zero-order valence-corrected chi connectivity index (χ0v) is 11.3. The van der Waals surface area contributed by atoms with Crippen LogP contribution < -0.4 is 0 Å². The van der Waals surface area contributed by atoms with Gasteiger partial charge in [-0.2, -0.15) is 5.10 Å². The number of nitrogens with one attached hydrogen (secondary N) is 2. The van der Waals surface area contributed by atoms with Gasteiger partial charge in [0.2, 0.25) is 0 Å². The smallest absolute Gasteiger partial charge is 0.140 e. The van der Waals surface area contributed by atoms with Crippen molar-refractivity contribution < 1.29 is 0 Å². The fourth-order valence-electron chi connectivity index (χ4n) is 1.94. The van der Waals surface area contributed by atoms with Crippen LogP contribution in [0, 0.1) is 0 Å². The second-order valence-electron chi connectivity index (χ2n) is 4.82. The highest BCUT2D eigenvalue weighted by Crippen LogP contribution is 2.19. The van der Waals surface area contributed by atoms with Crippen molar-refractivity contribution in [3.63, 3.8) is 0 Å². The molecule has 2 heterocycles. The van der Waals surface area contributed by atoms with E-state index in [1.54, 1.807) is 0 Å². The fraction of sp³-hybridized carbons (Fsp3) is 0.538. The first-order valence-corrected chi connectivity index (χ1v) is 6.42. The van der Waals surface area contributed by atoms with Gasteiger partial charge in [-0.1, -0.05) is 13.3 Å². The van der Waals surface area contributed by atoms with Crippen LogP contribution in [0.5, 0.6) is 0 Å². The van der Waals surface area contributed by atoms with Crippen LogP contribution in [0.3, 0.4) is 0 Å². The standard InChI is InChI=1S/C13H21N5/c1-4-5-10-8-14-13(16-10)11-9-15-17-12(11)6-7-18(2)3/h8-9H,4-7H2,1-3H3,(H,14,16)(H,15,17). The molecule has 2 aromatic heterocycles. The first-order chi connectivity index (χ1) is 8.70. The number of imidazole rings is 1. The zero-order chi connectivity index (χ0) is 13.0. The SMILES string of the molecule is CCCc1cnc(-c2cn[nH]c2CCN(C)C)[nH]1. The lowest BCUT2D eigenvalue weighted by Crippen LogP contribution is -2.15. The molecule has 18 heavy (non-hydrogen) atoms. The summed E-state index contributed by atoms with van der Waals surface area (Å²) in [6, 6.07) is 0. The van der Waals surface area contributed by atoms with E-state index in [4.69, 9.17) is 0 Å². The van der Waals surface area contributed by atoms with Gasteiger partial charge < -0.3 is 9.88 Å². The van der Waals surface area contributed by atoms with E-state index in [1.165, 1.54) is 5.69 Å². The minimum absolute atomic E-state index is 0.918. The maximum Gasteiger partial charge on any atom is 0.140 e. The Morgan fingerprint density at radius 3 is 2.78 bits per heavy atom. The van der Waals surface area contributed by atoms with E-state index < -0.39 is 0 Å². The third kappa shape index (κ3) is 2.98. The van der Waals surface area contributed by atoms with E-state index in [9.17, 15) is 0 Å². The molecule has 0 saturated carbocycles. The summed E-state index contributed by atoms with van der Waals surface area (Å²) in [4.78, 5) is 9.96. The van der Waals surface area contributed by atoms with Gasteiger partial charge in [-0.05, 0) is 20.5 Å². The molecule has 0 aromatic carbocycles. The third-order valence-electron chi connectivity index (χ3n) is 2.93. The van der Waals surface area contributed by atoms with Crippen LogP contribution in [-0.4, -0.2) is 45.7 Å². The van der Waals surface area contributed by atoms with Crippen molar-refractivity contribution in [2.45, 2.75) is 26.2 Å². The molecular weight excluding hydrogens is 226 g/mol. The van der Waals surface area contributed by atoms with E-state index in [0.29, 0.717) is 0 Å². The average Bonchev–Trinajstić information content (AvgIpc) is 2.94. The number of rotatable bonds is 6. The van der Waals surface area contributed by atoms with E-state index in [2.05, 4.69) is 46.1 Å². The average molecular weight is 247 g/mol. The Balaban J connectivity index is 2.14. The summed E-state index contributed by atoms with van der Waals surface area (Å²) in [5.41, 5.74) is 3.41. The molecule has 0 amide bonds. The maximum absolute atomic E-state index is 4.44. The summed E-state index contributed by atoms with van der Waals surface area (Å²) in [6.07, 6.45) is 6.88. The van der Waals surface area contributed by atoms with Crippen LogP contribution in [0.1, 0.15) is 24.7 Å². The molecule has 2 aromatic rings. The number of nitrogens with zero attached hydrogens (tertiary/aromatic N) is 3. The number of hydrogen-bond donors (Lipinski definition) is 2. The Bertz CT molecular complexity index is 483. The summed E-state index contributed by atoms with van der Waals surface area (Å²) in [5.74, 6) is 0.918. The van der Waals surface area contributed by atoms with E-state index >= 15 is 0 Å². The van der Waals surface area contributed by atoms with Crippen LogP contribution in [0.4, 0.5) is 0 Å². The molecule has 0 bridgehead atoms. The Morgan fingerprint density at radius 2 is 2.06 bits per heavy atom. The summed E-state index contributed by atoms with van der Waals surface area (Å²) < 4.78 is 0. The van der Waals surface area contributed by atoms with Crippen molar-refractivity contribution in [2.75, 3.05) is 20.6 Å². The molecule has 98 valence electrons. The van der Waals surface area contributed by atoms with Gasteiger partial charge in [-0.3, -0.25) is 5.10 Å². The summed E-state index contributed by atoms with van der Waals surface area (Å²) in [6.45, 7) is 3.17. The first-order valence-electron chi connectivity index (χ1n) is 6.42. The molecule has 0 aliphatic carbocycles. The van der Waals surface area contributed by atoms with E-state index in [0.717, 1.165) is 42.9 Å². The molecule has 0 aliphatic rings. The molecule has 0 fully saturated rings. The topological polar surface area (TPSA) is 60.6 Å². The number of likely N-dealkylation sites (N-methyl/N-ethyl adjacent to an activating group) is 1. The minimum atomic E-state index is 0.918. The normalized spacial score (nSPS) is 11.3. The fourth-order valence-corrected chi connectivity index (χ4v) is 1.94. The van der Waals surface area contributed by atoms with E-state index in [-0.39, 0.29) is 0 Å². The molecule has 0 aliphatic heterocycles. The van der Waals surface area contributed by atoms with Gasteiger partial charge in [0, 0.05) is 30.6 Å². The van der Waals surface area contributed by atoms with Crippen LogP contribution in [0.2, 0.25) is 0 Å². The molecule has 2 N–H and O–H groups in total. The Labute approximate surface area is 108 Å². The number of H-pyrrole nitrogens is 2. The van der Waals surface area contributed by atoms with Gasteiger partial charge in [0.05, 0.1) is 11.8 Å².